The number of piperidine rings is 1. The first-order chi connectivity index (χ1) is 20.9. The second-order valence-corrected chi connectivity index (χ2v) is 12.6. The van der Waals surface area contributed by atoms with E-state index in [4.69, 9.17) is 28.3 Å². The number of halogens is 2. The van der Waals surface area contributed by atoms with Crippen molar-refractivity contribution in [3.8, 4) is 0 Å². The minimum absolute atomic E-state index is 0.0397. The predicted octanol–water partition coefficient (Wildman–Crippen LogP) is 8.33. The van der Waals surface area contributed by atoms with Gasteiger partial charge in [-0.3, -0.25) is 14.6 Å². The van der Waals surface area contributed by atoms with Crippen molar-refractivity contribution in [3.05, 3.63) is 129 Å². The fourth-order valence-electron chi connectivity index (χ4n) is 6.45. The van der Waals surface area contributed by atoms with E-state index in [1.807, 2.05) is 30.3 Å². The summed E-state index contributed by atoms with van der Waals surface area (Å²) in [5.74, 6) is -0.489. The van der Waals surface area contributed by atoms with Gasteiger partial charge in [0.25, 0.3) is 0 Å². The number of aromatic nitrogens is 3. The molecule has 7 rings (SSSR count). The molecule has 5 aromatic rings. The Labute approximate surface area is 260 Å². The number of nitrogens with zero attached hydrogens (tertiary/aromatic N) is 4. The minimum Gasteiger partial charge on any atom is -0.478 e. The van der Waals surface area contributed by atoms with Crippen LogP contribution in [0, 0.1) is 0 Å². The lowest BCUT2D eigenvalue weighted by Crippen LogP contribution is -2.33. The van der Waals surface area contributed by atoms with Gasteiger partial charge in [0.1, 0.15) is 0 Å². The van der Waals surface area contributed by atoms with Crippen LogP contribution in [0.25, 0.3) is 10.9 Å². The highest BCUT2D eigenvalue weighted by Crippen LogP contribution is 2.43. The first kappa shape index (κ1) is 28.1. The van der Waals surface area contributed by atoms with E-state index in [-0.39, 0.29) is 11.5 Å². The molecule has 43 heavy (non-hydrogen) atoms. The van der Waals surface area contributed by atoms with Crippen LogP contribution < -0.4 is 0 Å². The highest BCUT2D eigenvalue weighted by Gasteiger charge is 2.33. The van der Waals surface area contributed by atoms with Crippen LogP contribution in [0.3, 0.4) is 0 Å². The van der Waals surface area contributed by atoms with Gasteiger partial charge in [-0.15, -0.1) is 0 Å². The smallest absolute Gasteiger partial charge is 0.337 e. The Hall–Kier alpha value is -3.71. The normalized spacial score (nSPS) is 16.3. The van der Waals surface area contributed by atoms with Crippen molar-refractivity contribution in [2.75, 3.05) is 13.1 Å². The highest BCUT2D eigenvalue weighted by atomic mass is 35.5. The van der Waals surface area contributed by atoms with Crippen molar-refractivity contribution >= 4 is 40.1 Å². The van der Waals surface area contributed by atoms with E-state index in [1.54, 1.807) is 6.07 Å². The van der Waals surface area contributed by atoms with E-state index in [0.29, 0.717) is 12.0 Å². The second-order valence-electron chi connectivity index (χ2n) is 11.8. The number of carboxylic acid groups (broad SMARTS) is 1. The van der Waals surface area contributed by atoms with Gasteiger partial charge >= 0.3 is 5.97 Å². The molecule has 2 aliphatic rings. The molecular formula is C35H32Cl2N4O2. The monoisotopic (exact) mass is 610 g/mol. The number of carbonyl (C=O) groups is 1. The highest BCUT2D eigenvalue weighted by molar-refractivity contribution is 6.30. The largest absolute Gasteiger partial charge is 0.478 e. The maximum Gasteiger partial charge on any atom is 0.337 e. The van der Waals surface area contributed by atoms with Gasteiger partial charge in [0.05, 0.1) is 22.8 Å². The first-order valence-electron chi connectivity index (χ1n) is 14.9. The summed E-state index contributed by atoms with van der Waals surface area (Å²) in [7, 11) is 0. The molecule has 8 heteroatoms. The summed E-state index contributed by atoms with van der Waals surface area (Å²) in [6, 6.07) is 27.0. The number of fused-ring (bicyclic) bond motifs is 1. The maximum absolute atomic E-state index is 11.2. The lowest BCUT2D eigenvalue weighted by atomic mass is 9.84. The zero-order valence-electron chi connectivity index (χ0n) is 23.7. The topological polar surface area (TPSA) is 71.2 Å². The fourth-order valence-corrected chi connectivity index (χ4v) is 6.70. The van der Waals surface area contributed by atoms with Crippen molar-refractivity contribution in [3.63, 3.8) is 0 Å². The molecule has 1 N–H and O–H groups in total. The van der Waals surface area contributed by atoms with Crippen molar-refractivity contribution in [2.45, 2.75) is 50.1 Å². The van der Waals surface area contributed by atoms with Gasteiger partial charge < -0.3 is 5.11 Å². The molecule has 1 saturated carbocycles. The van der Waals surface area contributed by atoms with E-state index in [1.165, 1.54) is 46.8 Å². The minimum atomic E-state index is -0.949. The van der Waals surface area contributed by atoms with Crippen LogP contribution in [-0.2, 0) is 6.54 Å². The summed E-state index contributed by atoms with van der Waals surface area (Å²) >= 11 is 12.5. The Balaban J connectivity index is 1.20. The molecule has 2 aromatic heterocycles. The first-order valence-corrected chi connectivity index (χ1v) is 15.6. The zero-order valence-corrected chi connectivity index (χ0v) is 25.2. The van der Waals surface area contributed by atoms with E-state index >= 15 is 0 Å². The Morgan fingerprint density at radius 1 is 0.837 bits per heavy atom. The summed E-state index contributed by atoms with van der Waals surface area (Å²) in [4.78, 5) is 18.0. The van der Waals surface area contributed by atoms with Crippen LogP contribution in [0.4, 0.5) is 0 Å². The molecule has 2 fully saturated rings. The number of aromatic carboxylic acids is 1. The van der Waals surface area contributed by atoms with Crippen LogP contribution >= 0.6 is 23.2 Å². The van der Waals surface area contributed by atoms with Crippen LogP contribution in [0.5, 0.6) is 0 Å². The van der Waals surface area contributed by atoms with Gasteiger partial charge in [-0.2, -0.15) is 5.10 Å². The van der Waals surface area contributed by atoms with Gasteiger partial charge in [0.15, 0.2) is 0 Å². The predicted molar refractivity (Wildman–Crippen MR) is 170 cm³/mol. The number of hydrogen-bond acceptors (Lipinski definition) is 4. The number of benzene rings is 3. The number of rotatable bonds is 8. The van der Waals surface area contributed by atoms with Crippen LogP contribution in [0.15, 0.2) is 85.1 Å². The molecule has 0 atom stereocenters. The quantitative estimate of drug-likeness (QED) is 0.179. The van der Waals surface area contributed by atoms with Gasteiger partial charge in [-0.25, -0.2) is 4.79 Å². The van der Waals surface area contributed by atoms with Crippen molar-refractivity contribution in [1.29, 1.82) is 0 Å². The SMILES string of the molecule is O=C(O)c1ccc(CN2CCC(c3c4cc(C(c5ccc(Cl)cc5)c5ccc(Cl)cc5)ccc4nn3C3CC3)CC2)nc1. The summed E-state index contributed by atoms with van der Waals surface area (Å²) < 4.78 is 2.33. The molecule has 3 aromatic carbocycles. The van der Waals surface area contributed by atoms with Gasteiger partial charge in [-0.05, 0) is 104 Å². The fraction of sp³-hybridized carbons (Fsp3) is 0.286. The molecule has 1 aliphatic heterocycles. The Morgan fingerprint density at radius 2 is 1.47 bits per heavy atom. The molecule has 218 valence electrons. The summed E-state index contributed by atoms with van der Waals surface area (Å²) in [5.41, 5.74) is 7.13. The molecule has 0 amide bonds. The standard InChI is InChI=1S/C35H32Cl2N4O2/c36-27-7-1-22(2-8-27)33(23-3-9-28(37)10-4-23)25-6-14-32-31(19-25)34(41(39-32)30-12-13-30)24-15-17-40(18-16-24)21-29-11-5-26(20-38-29)35(42)43/h1-11,14,19-20,24,30,33H,12-13,15-18,21H2,(H,42,43). The second kappa shape index (κ2) is 11.8. The third kappa shape index (κ3) is 5.92. The average molecular weight is 612 g/mol. The van der Waals surface area contributed by atoms with Crippen molar-refractivity contribution < 1.29 is 9.90 Å². The molecule has 0 radical (unpaired) electrons. The molecule has 3 heterocycles. The van der Waals surface area contributed by atoms with E-state index in [2.05, 4.69) is 57.0 Å². The third-order valence-electron chi connectivity index (χ3n) is 8.82. The van der Waals surface area contributed by atoms with Gasteiger partial charge in [0, 0.05) is 45.7 Å². The maximum atomic E-state index is 11.2. The summed E-state index contributed by atoms with van der Waals surface area (Å²) in [6.45, 7) is 2.65. The molecule has 0 unspecified atom stereocenters. The number of hydrogen-bond donors (Lipinski definition) is 1. The van der Waals surface area contributed by atoms with Crippen molar-refractivity contribution in [2.24, 2.45) is 0 Å². The number of carboxylic acids is 1. The van der Waals surface area contributed by atoms with Crippen LogP contribution in [-0.4, -0.2) is 43.8 Å². The molecule has 1 saturated heterocycles. The molecular weight excluding hydrogens is 579 g/mol. The van der Waals surface area contributed by atoms with E-state index < -0.39 is 5.97 Å². The Kier molecular flexibility index (Phi) is 7.68. The van der Waals surface area contributed by atoms with Crippen molar-refractivity contribution in [1.82, 2.24) is 19.7 Å². The summed E-state index contributed by atoms with van der Waals surface area (Å²) in [5, 5.41) is 17.0. The van der Waals surface area contributed by atoms with E-state index in [9.17, 15) is 9.90 Å². The Bertz CT molecular complexity index is 1710. The number of pyridine rings is 1. The summed E-state index contributed by atoms with van der Waals surface area (Å²) in [6.07, 6.45) is 5.90. The van der Waals surface area contributed by atoms with Crippen LogP contribution in [0.2, 0.25) is 10.0 Å². The van der Waals surface area contributed by atoms with Gasteiger partial charge in [0.2, 0.25) is 0 Å². The molecule has 1 aliphatic carbocycles. The average Bonchev–Trinajstić information content (AvgIpc) is 3.80. The Morgan fingerprint density at radius 3 is 2.02 bits per heavy atom. The third-order valence-corrected chi connectivity index (χ3v) is 9.33. The van der Waals surface area contributed by atoms with Crippen LogP contribution in [0.1, 0.15) is 82.0 Å². The lowest BCUT2D eigenvalue weighted by Gasteiger charge is -2.32. The molecule has 0 bridgehead atoms. The lowest BCUT2D eigenvalue weighted by molar-refractivity contribution is 0.0696. The molecule has 6 nitrogen and oxygen atoms in total. The number of likely N-dealkylation sites (tertiary alicyclic amines) is 1. The van der Waals surface area contributed by atoms with Gasteiger partial charge in [-0.1, -0.05) is 53.5 Å². The zero-order chi connectivity index (χ0) is 29.5. The molecule has 0 spiro atoms. The van der Waals surface area contributed by atoms with E-state index in [0.717, 1.165) is 53.7 Å².